The number of ether oxygens (including phenoxy) is 2. The molecule has 1 unspecified atom stereocenters. The molecule has 0 aromatic heterocycles. The van der Waals surface area contributed by atoms with E-state index in [4.69, 9.17) is 9.47 Å². The van der Waals surface area contributed by atoms with Crippen LogP contribution in [-0.2, 0) is 9.53 Å². The standard InChI is InChI=1S/C19H24BrNO3/c1-13(11-19(2,3)23-4)21-18(22)12-24-17-8-6-14-9-16(20)7-5-15(14)10-17/h5-10,13H,11-12H2,1-4H3,(H,21,22). The number of fused-ring (bicyclic) bond motifs is 1. The van der Waals surface area contributed by atoms with Gasteiger partial charge in [-0.25, -0.2) is 0 Å². The van der Waals surface area contributed by atoms with Crippen LogP contribution < -0.4 is 10.1 Å². The largest absolute Gasteiger partial charge is 0.484 e. The van der Waals surface area contributed by atoms with Gasteiger partial charge in [-0.1, -0.05) is 28.1 Å². The molecule has 0 saturated carbocycles. The van der Waals surface area contributed by atoms with E-state index in [-0.39, 0.29) is 24.2 Å². The zero-order valence-electron chi connectivity index (χ0n) is 14.6. The molecule has 2 aromatic carbocycles. The molecule has 0 spiro atoms. The first-order chi connectivity index (χ1) is 11.3. The Bertz CT molecular complexity index is 715. The quantitative estimate of drug-likeness (QED) is 0.762. The van der Waals surface area contributed by atoms with Crippen molar-refractivity contribution < 1.29 is 14.3 Å². The smallest absolute Gasteiger partial charge is 0.258 e. The Balaban J connectivity index is 1.88. The van der Waals surface area contributed by atoms with Gasteiger partial charge in [0.15, 0.2) is 6.61 Å². The van der Waals surface area contributed by atoms with Gasteiger partial charge in [-0.2, -0.15) is 0 Å². The SMILES string of the molecule is COC(C)(C)CC(C)NC(=O)COc1ccc2cc(Br)ccc2c1. The van der Waals surface area contributed by atoms with Crippen molar-refractivity contribution in [2.24, 2.45) is 0 Å². The van der Waals surface area contributed by atoms with Crippen LogP contribution in [0.5, 0.6) is 5.75 Å². The van der Waals surface area contributed by atoms with Gasteiger partial charge in [-0.05, 0) is 62.2 Å². The van der Waals surface area contributed by atoms with Crippen molar-refractivity contribution in [3.05, 3.63) is 40.9 Å². The number of amides is 1. The van der Waals surface area contributed by atoms with E-state index in [0.717, 1.165) is 21.7 Å². The molecule has 0 heterocycles. The predicted octanol–water partition coefficient (Wildman–Crippen LogP) is 4.30. The first-order valence-corrected chi connectivity index (χ1v) is 8.75. The molecule has 24 heavy (non-hydrogen) atoms. The lowest BCUT2D eigenvalue weighted by molar-refractivity contribution is -0.124. The number of halogens is 1. The highest BCUT2D eigenvalue weighted by atomic mass is 79.9. The molecule has 1 atom stereocenters. The van der Waals surface area contributed by atoms with Gasteiger partial charge in [0.1, 0.15) is 5.75 Å². The number of carbonyl (C=O) groups is 1. The number of hydrogen-bond donors (Lipinski definition) is 1. The molecular weight excluding hydrogens is 370 g/mol. The molecule has 2 aromatic rings. The van der Waals surface area contributed by atoms with Gasteiger partial charge in [0.05, 0.1) is 5.60 Å². The predicted molar refractivity (Wildman–Crippen MR) is 100 cm³/mol. The minimum Gasteiger partial charge on any atom is -0.484 e. The van der Waals surface area contributed by atoms with Crippen molar-refractivity contribution in [3.8, 4) is 5.75 Å². The number of hydrogen-bond acceptors (Lipinski definition) is 3. The molecule has 0 radical (unpaired) electrons. The monoisotopic (exact) mass is 393 g/mol. The van der Waals surface area contributed by atoms with E-state index in [0.29, 0.717) is 5.75 Å². The second kappa shape index (κ2) is 7.99. The van der Waals surface area contributed by atoms with E-state index in [2.05, 4.69) is 21.2 Å². The minimum absolute atomic E-state index is 0.000213. The zero-order chi connectivity index (χ0) is 17.7. The maximum atomic E-state index is 12.0. The van der Waals surface area contributed by atoms with Gasteiger partial charge in [0.2, 0.25) is 0 Å². The van der Waals surface area contributed by atoms with E-state index in [1.165, 1.54) is 0 Å². The normalized spacial score (nSPS) is 12.9. The van der Waals surface area contributed by atoms with Gasteiger partial charge in [0.25, 0.3) is 5.91 Å². The summed E-state index contributed by atoms with van der Waals surface area (Å²) in [6.45, 7) is 5.96. The molecule has 4 nitrogen and oxygen atoms in total. The molecule has 0 fully saturated rings. The van der Waals surface area contributed by atoms with Crippen molar-refractivity contribution in [3.63, 3.8) is 0 Å². The van der Waals surface area contributed by atoms with Crippen LogP contribution in [0, 0.1) is 0 Å². The molecule has 0 saturated heterocycles. The first-order valence-electron chi connectivity index (χ1n) is 7.96. The Hall–Kier alpha value is -1.59. The summed E-state index contributed by atoms with van der Waals surface area (Å²) in [7, 11) is 1.68. The number of rotatable bonds is 7. The molecule has 1 N–H and O–H groups in total. The lowest BCUT2D eigenvalue weighted by atomic mass is 10.00. The molecule has 0 bridgehead atoms. The van der Waals surface area contributed by atoms with Crippen LogP contribution in [0.4, 0.5) is 0 Å². The fourth-order valence-electron chi connectivity index (χ4n) is 2.62. The van der Waals surface area contributed by atoms with Crippen LogP contribution in [-0.4, -0.2) is 31.3 Å². The minimum atomic E-state index is -0.264. The Morgan fingerprint density at radius 3 is 2.58 bits per heavy atom. The van der Waals surface area contributed by atoms with Crippen molar-refractivity contribution in [1.82, 2.24) is 5.32 Å². The maximum absolute atomic E-state index is 12.0. The fourth-order valence-corrected chi connectivity index (χ4v) is 3.00. The average Bonchev–Trinajstić information content (AvgIpc) is 2.52. The van der Waals surface area contributed by atoms with Crippen LogP contribution in [0.2, 0.25) is 0 Å². The van der Waals surface area contributed by atoms with Crippen LogP contribution in [0.1, 0.15) is 27.2 Å². The first kappa shape index (κ1) is 18.7. The van der Waals surface area contributed by atoms with Gasteiger partial charge in [0, 0.05) is 17.6 Å². The van der Waals surface area contributed by atoms with Crippen LogP contribution >= 0.6 is 15.9 Å². The molecule has 2 rings (SSSR count). The van der Waals surface area contributed by atoms with Crippen LogP contribution in [0.25, 0.3) is 10.8 Å². The van der Waals surface area contributed by atoms with Gasteiger partial charge >= 0.3 is 0 Å². The molecule has 0 aliphatic rings. The van der Waals surface area contributed by atoms with Gasteiger partial charge < -0.3 is 14.8 Å². The summed E-state index contributed by atoms with van der Waals surface area (Å²) >= 11 is 3.46. The van der Waals surface area contributed by atoms with Crippen molar-refractivity contribution >= 4 is 32.6 Å². The van der Waals surface area contributed by atoms with Crippen molar-refractivity contribution in [2.45, 2.75) is 38.8 Å². The number of carbonyl (C=O) groups excluding carboxylic acids is 1. The van der Waals surface area contributed by atoms with Gasteiger partial charge in [-0.3, -0.25) is 4.79 Å². The third-order valence-electron chi connectivity index (χ3n) is 3.90. The Morgan fingerprint density at radius 1 is 1.21 bits per heavy atom. The van der Waals surface area contributed by atoms with Crippen LogP contribution in [0.3, 0.4) is 0 Å². The zero-order valence-corrected chi connectivity index (χ0v) is 16.1. The molecular formula is C19H24BrNO3. The van der Waals surface area contributed by atoms with E-state index < -0.39 is 0 Å². The molecule has 0 aliphatic carbocycles. The third kappa shape index (κ3) is 5.49. The number of benzene rings is 2. The molecule has 1 amide bonds. The highest BCUT2D eigenvalue weighted by Gasteiger charge is 2.21. The fraction of sp³-hybridized carbons (Fsp3) is 0.421. The number of nitrogens with one attached hydrogen (secondary N) is 1. The van der Waals surface area contributed by atoms with Gasteiger partial charge in [-0.15, -0.1) is 0 Å². The molecule has 0 aliphatic heterocycles. The Kier molecular flexibility index (Phi) is 6.24. The summed E-state index contributed by atoms with van der Waals surface area (Å²) < 4.78 is 12.0. The lowest BCUT2D eigenvalue weighted by Crippen LogP contribution is -2.40. The topological polar surface area (TPSA) is 47.6 Å². The summed E-state index contributed by atoms with van der Waals surface area (Å²) in [4.78, 5) is 12.0. The summed E-state index contributed by atoms with van der Waals surface area (Å²) in [5.74, 6) is 0.551. The summed E-state index contributed by atoms with van der Waals surface area (Å²) in [6, 6.07) is 11.9. The number of methoxy groups -OCH3 is 1. The summed E-state index contributed by atoms with van der Waals surface area (Å²) in [6.07, 6.45) is 0.736. The van der Waals surface area contributed by atoms with E-state index in [1.807, 2.05) is 57.2 Å². The third-order valence-corrected chi connectivity index (χ3v) is 4.39. The molecule has 130 valence electrons. The van der Waals surface area contributed by atoms with Crippen molar-refractivity contribution in [1.29, 1.82) is 0 Å². The van der Waals surface area contributed by atoms with E-state index in [1.54, 1.807) is 7.11 Å². The molecule has 5 heteroatoms. The second-order valence-electron chi connectivity index (χ2n) is 6.58. The lowest BCUT2D eigenvalue weighted by Gasteiger charge is -2.27. The maximum Gasteiger partial charge on any atom is 0.258 e. The Morgan fingerprint density at radius 2 is 1.88 bits per heavy atom. The average molecular weight is 394 g/mol. The van der Waals surface area contributed by atoms with E-state index in [9.17, 15) is 4.79 Å². The van der Waals surface area contributed by atoms with E-state index >= 15 is 0 Å². The Labute approximate surface area is 151 Å². The highest BCUT2D eigenvalue weighted by molar-refractivity contribution is 9.10. The summed E-state index contributed by atoms with van der Waals surface area (Å²) in [5.41, 5.74) is -0.264. The second-order valence-corrected chi connectivity index (χ2v) is 7.49. The summed E-state index contributed by atoms with van der Waals surface area (Å²) in [5, 5.41) is 5.13. The van der Waals surface area contributed by atoms with Crippen LogP contribution in [0.15, 0.2) is 40.9 Å². The van der Waals surface area contributed by atoms with Crippen molar-refractivity contribution in [2.75, 3.05) is 13.7 Å². The highest BCUT2D eigenvalue weighted by Crippen LogP contribution is 2.24.